The summed E-state index contributed by atoms with van der Waals surface area (Å²) in [6.45, 7) is 6.18. The van der Waals surface area contributed by atoms with Crippen molar-refractivity contribution < 1.29 is 29.5 Å². The van der Waals surface area contributed by atoms with Gasteiger partial charge in [-0.3, -0.25) is 9.80 Å². The lowest BCUT2D eigenvalue weighted by atomic mass is 9.99. The first-order chi connectivity index (χ1) is 18.9. The summed E-state index contributed by atoms with van der Waals surface area (Å²) in [7, 11) is 1.39. The van der Waals surface area contributed by atoms with Crippen LogP contribution in [0.15, 0.2) is 12.1 Å². The molecule has 202 valence electrons. The van der Waals surface area contributed by atoms with E-state index in [1.807, 2.05) is 23.1 Å². The van der Waals surface area contributed by atoms with Gasteiger partial charge in [0, 0.05) is 62.5 Å². The van der Waals surface area contributed by atoms with Gasteiger partial charge in [-0.15, -0.1) is 0 Å². The lowest BCUT2D eigenvalue weighted by molar-refractivity contribution is 0.0340. The molecule has 12 nitrogen and oxygen atoms in total. The number of nitriles is 4. The Morgan fingerprint density at radius 1 is 0.718 bits per heavy atom. The number of hydrogen-bond acceptors (Lipinski definition) is 12. The average Bonchev–Trinajstić information content (AvgIpc) is 2.97. The predicted octanol–water partition coefficient (Wildman–Crippen LogP) is 1.65. The molecule has 3 N–H and O–H groups in total. The van der Waals surface area contributed by atoms with Crippen molar-refractivity contribution in [1.82, 2.24) is 9.80 Å². The fourth-order valence-electron chi connectivity index (χ4n) is 4.28. The molecule has 2 aromatic carbocycles. The fourth-order valence-corrected chi connectivity index (χ4v) is 4.28. The van der Waals surface area contributed by atoms with Crippen molar-refractivity contribution in [3.63, 3.8) is 0 Å². The SMILES string of the molecule is COc1cc(C#N)c(CN2CCOCC2)c(C#N)c1O.N#Cc1cc(O)c(O)c(C#N)c1CN1CCOCC1. The first-order valence-corrected chi connectivity index (χ1v) is 12.1. The summed E-state index contributed by atoms with van der Waals surface area (Å²) in [5.41, 5.74) is 1.61. The number of morpholine rings is 2. The minimum Gasteiger partial charge on any atom is -0.504 e. The maximum atomic E-state index is 10.0. The van der Waals surface area contributed by atoms with Crippen molar-refractivity contribution in [1.29, 1.82) is 21.0 Å². The van der Waals surface area contributed by atoms with Crippen LogP contribution in [0.3, 0.4) is 0 Å². The van der Waals surface area contributed by atoms with E-state index in [4.69, 9.17) is 24.7 Å². The first-order valence-electron chi connectivity index (χ1n) is 12.1. The van der Waals surface area contributed by atoms with Crippen LogP contribution in [0.25, 0.3) is 0 Å². The summed E-state index contributed by atoms with van der Waals surface area (Å²) in [5.74, 6) is -0.982. The van der Waals surface area contributed by atoms with Gasteiger partial charge in [-0.2, -0.15) is 21.0 Å². The maximum absolute atomic E-state index is 10.0. The van der Waals surface area contributed by atoms with Gasteiger partial charge >= 0.3 is 0 Å². The highest BCUT2D eigenvalue weighted by molar-refractivity contribution is 5.62. The van der Waals surface area contributed by atoms with E-state index in [2.05, 4.69) is 11.0 Å². The Morgan fingerprint density at radius 3 is 1.56 bits per heavy atom. The summed E-state index contributed by atoms with van der Waals surface area (Å²) in [5, 5.41) is 65.9. The molecule has 39 heavy (non-hydrogen) atoms. The van der Waals surface area contributed by atoms with Crippen LogP contribution >= 0.6 is 0 Å². The predicted molar refractivity (Wildman–Crippen MR) is 135 cm³/mol. The zero-order chi connectivity index (χ0) is 28.4. The summed E-state index contributed by atoms with van der Waals surface area (Å²) < 4.78 is 15.5. The monoisotopic (exact) mass is 532 g/mol. The van der Waals surface area contributed by atoms with Gasteiger partial charge in [0.05, 0.1) is 56.8 Å². The molecule has 0 amide bonds. The number of hydrogen-bond donors (Lipinski definition) is 3. The van der Waals surface area contributed by atoms with Crippen LogP contribution in [-0.4, -0.2) is 84.8 Å². The molecule has 2 aliphatic heterocycles. The Bertz CT molecular complexity index is 1360. The van der Waals surface area contributed by atoms with Crippen molar-refractivity contribution in [3.05, 3.63) is 45.5 Å². The van der Waals surface area contributed by atoms with Gasteiger partial charge in [0.15, 0.2) is 23.0 Å². The van der Waals surface area contributed by atoms with Crippen molar-refractivity contribution in [2.24, 2.45) is 0 Å². The first kappa shape index (κ1) is 29.0. The molecule has 0 unspecified atom stereocenters. The summed E-state index contributed by atoms with van der Waals surface area (Å²) in [6, 6.07) is 10.5. The molecule has 0 aromatic heterocycles. The molecule has 0 atom stereocenters. The van der Waals surface area contributed by atoms with Gasteiger partial charge in [-0.25, -0.2) is 0 Å². The lowest BCUT2D eigenvalue weighted by Gasteiger charge is -2.27. The molecular weight excluding hydrogens is 504 g/mol. The van der Waals surface area contributed by atoms with Crippen molar-refractivity contribution in [2.75, 3.05) is 59.7 Å². The largest absolute Gasteiger partial charge is 0.504 e. The number of benzene rings is 2. The van der Waals surface area contributed by atoms with E-state index in [0.29, 0.717) is 69.3 Å². The Labute approximate surface area is 226 Å². The van der Waals surface area contributed by atoms with E-state index in [0.717, 1.165) is 13.1 Å². The third-order valence-corrected chi connectivity index (χ3v) is 6.42. The molecule has 0 bridgehead atoms. The molecule has 2 saturated heterocycles. The lowest BCUT2D eigenvalue weighted by Crippen LogP contribution is -2.36. The van der Waals surface area contributed by atoms with Crippen LogP contribution in [0.4, 0.5) is 0 Å². The van der Waals surface area contributed by atoms with Crippen LogP contribution in [-0.2, 0) is 22.6 Å². The smallest absolute Gasteiger partial charge is 0.176 e. The quantitative estimate of drug-likeness (QED) is 0.473. The Morgan fingerprint density at radius 2 is 1.15 bits per heavy atom. The van der Waals surface area contributed by atoms with E-state index < -0.39 is 11.5 Å². The molecule has 2 fully saturated rings. The van der Waals surface area contributed by atoms with E-state index >= 15 is 0 Å². The second-order valence-electron chi connectivity index (χ2n) is 8.70. The molecule has 2 aliphatic rings. The number of nitrogens with zero attached hydrogens (tertiary/aromatic N) is 6. The van der Waals surface area contributed by atoms with E-state index in [-0.39, 0.29) is 28.2 Å². The third-order valence-electron chi connectivity index (χ3n) is 6.42. The standard InChI is InChI=1S/C14H15N3O3.C13H13N3O3/c1-19-13-6-10(7-15)12(11(8-16)14(13)18)9-17-2-4-20-5-3-17;14-6-9-5-12(17)13(18)10(7-15)11(9)8-16-1-3-19-4-2-16/h6,18H,2-5,9H2,1H3;5,17-18H,1-4,8H2. The van der Waals surface area contributed by atoms with Crippen LogP contribution in [0.1, 0.15) is 33.4 Å². The van der Waals surface area contributed by atoms with Gasteiger partial charge in [-0.1, -0.05) is 0 Å². The molecule has 4 rings (SSSR count). The van der Waals surface area contributed by atoms with Gasteiger partial charge < -0.3 is 29.5 Å². The van der Waals surface area contributed by atoms with Gasteiger partial charge in [0.2, 0.25) is 0 Å². The minimum atomic E-state index is -0.468. The number of rotatable bonds is 5. The number of phenols is 3. The fraction of sp³-hybridized carbons (Fsp3) is 0.407. The van der Waals surface area contributed by atoms with Crippen LogP contribution in [0.2, 0.25) is 0 Å². The minimum absolute atomic E-state index is 0.0389. The molecule has 0 radical (unpaired) electrons. The second kappa shape index (κ2) is 13.8. The van der Waals surface area contributed by atoms with Crippen LogP contribution in [0.5, 0.6) is 23.0 Å². The second-order valence-corrected chi connectivity index (χ2v) is 8.70. The average molecular weight is 533 g/mol. The summed E-state index contributed by atoms with van der Waals surface area (Å²) >= 11 is 0. The Balaban J connectivity index is 0.000000216. The van der Waals surface area contributed by atoms with Gasteiger partial charge in [-0.05, 0) is 0 Å². The molecule has 12 heteroatoms. The summed E-state index contributed by atoms with van der Waals surface area (Å²) in [4.78, 5) is 4.13. The normalized spacial score (nSPS) is 15.5. The van der Waals surface area contributed by atoms with E-state index in [9.17, 15) is 25.8 Å². The molecule has 2 heterocycles. The maximum Gasteiger partial charge on any atom is 0.176 e. The van der Waals surface area contributed by atoms with Gasteiger partial charge in [0.25, 0.3) is 0 Å². The summed E-state index contributed by atoms with van der Waals surface area (Å²) in [6.07, 6.45) is 0. The molecule has 0 spiro atoms. The van der Waals surface area contributed by atoms with Crippen molar-refractivity contribution in [2.45, 2.75) is 13.1 Å². The number of aromatic hydroxyl groups is 3. The molecule has 2 aromatic rings. The number of phenolic OH excluding ortho intramolecular Hbond substituents is 3. The molecule has 0 saturated carbocycles. The van der Waals surface area contributed by atoms with Crippen LogP contribution < -0.4 is 4.74 Å². The van der Waals surface area contributed by atoms with E-state index in [1.165, 1.54) is 19.2 Å². The van der Waals surface area contributed by atoms with Crippen LogP contribution in [0, 0.1) is 45.3 Å². The van der Waals surface area contributed by atoms with Crippen molar-refractivity contribution in [3.8, 4) is 47.3 Å². The Hall–Kier alpha value is -4.56. The number of methoxy groups -OCH3 is 1. The molecular formula is C27H28N6O6. The third kappa shape index (κ3) is 6.86. The highest BCUT2D eigenvalue weighted by Crippen LogP contribution is 2.35. The topological polar surface area (TPSA) is 190 Å². The highest BCUT2D eigenvalue weighted by atomic mass is 16.5. The van der Waals surface area contributed by atoms with Gasteiger partial charge in [0.1, 0.15) is 23.3 Å². The molecule has 0 aliphatic carbocycles. The van der Waals surface area contributed by atoms with Crippen molar-refractivity contribution >= 4 is 0 Å². The number of ether oxygens (including phenoxy) is 3. The highest BCUT2D eigenvalue weighted by Gasteiger charge is 2.22. The Kier molecular flexibility index (Phi) is 10.3. The van der Waals surface area contributed by atoms with E-state index in [1.54, 1.807) is 0 Å². The zero-order valence-electron chi connectivity index (χ0n) is 21.5. The zero-order valence-corrected chi connectivity index (χ0v) is 21.5.